The molecule has 2 aromatic carbocycles. The number of phenols is 3. The van der Waals surface area contributed by atoms with Crippen molar-refractivity contribution < 1.29 is 54.8 Å². The maximum atomic E-state index is 12.9. The Kier molecular flexibility index (Phi) is 5.84. The largest absolute Gasteiger partial charge is 0.508 e. The summed E-state index contributed by atoms with van der Waals surface area (Å²) in [6, 6.07) is 7.05. The van der Waals surface area contributed by atoms with Crippen molar-refractivity contribution in [2.75, 3.05) is 6.61 Å². The molecule has 0 amide bonds. The number of Topliss-reactive ketones (excluding diaryl/α,β-unsaturated/α-hetero) is 1. The second-order valence-corrected chi connectivity index (χ2v) is 7.59. The van der Waals surface area contributed by atoms with Gasteiger partial charge in [-0.25, -0.2) is 0 Å². The van der Waals surface area contributed by atoms with Crippen LogP contribution in [0.5, 0.6) is 28.7 Å². The van der Waals surface area contributed by atoms with Crippen LogP contribution in [0.3, 0.4) is 0 Å². The number of ketones is 1. The third kappa shape index (κ3) is 3.80. The molecule has 0 aliphatic carbocycles. The molecule has 7 N–H and O–H groups in total. The second-order valence-electron chi connectivity index (χ2n) is 7.59. The van der Waals surface area contributed by atoms with Gasteiger partial charge in [-0.05, 0) is 17.7 Å². The predicted octanol–water partition coefficient (Wildman–Crippen LogP) is -0.311. The van der Waals surface area contributed by atoms with E-state index in [1.165, 1.54) is 12.1 Å². The molecule has 0 spiro atoms. The third-order valence-electron chi connectivity index (χ3n) is 5.47. The van der Waals surface area contributed by atoms with Gasteiger partial charge in [-0.3, -0.25) is 4.79 Å². The first kappa shape index (κ1) is 22.1. The van der Waals surface area contributed by atoms with E-state index in [-0.39, 0.29) is 23.5 Å². The van der Waals surface area contributed by atoms with E-state index in [0.717, 1.165) is 6.07 Å². The summed E-state index contributed by atoms with van der Waals surface area (Å²) < 4.78 is 16.5. The fourth-order valence-electron chi connectivity index (χ4n) is 3.70. The van der Waals surface area contributed by atoms with Gasteiger partial charge in [0.25, 0.3) is 0 Å². The molecule has 32 heavy (non-hydrogen) atoms. The van der Waals surface area contributed by atoms with Crippen LogP contribution in [-0.2, 0) is 4.74 Å². The summed E-state index contributed by atoms with van der Waals surface area (Å²) in [6.45, 7) is -0.703. The molecule has 0 aromatic heterocycles. The first-order chi connectivity index (χ1) is 15.2. The number of rotatable bonds is 4. The quantitative estimate of drug-likeness (QED) is 0.303. The fraction of sp³-hybridized carbons (Fsp3) is 0.381. The second kappa shape index (κ2) is 8.45. The van der Waals surface area contributed by atoms with Crippen LogP contribution in [0.2, 0.25) is 0 Å². The number of carbonyl (C=O) groups excluding carboxylic acids is 1. The van der Waals surface area contributed by atoms with Crippen LogP contribution in [0.15, 0.2) is 30.3 Å². The molecule has 4 rings (SSSR count). The average Bonchev–Trinajstić information content (AvgIpc) is 2.77. The first-order valence-electron chi connectivity index (χ1n) is 9.76. The minimum Gasteiger partial charge on any atom is -0.508 e. The minimum atomic E-state index is -1.80. The van der Waals surface area contributed by atoms with Gasteiger partial charge in [0.15, 0.2) is 17.3 Å². The van der Waals surface area contributed by atoms with E-state index in [0.29, 0.717) is 5.56 Å². The highest BCUT2D eigenvalue weighted by atomic mass is 16.7. The number of benzene rings is 2. The number of fused-ring (bicyclic) bond motifs is 1. The van der Waals surface area contributed by atoms with Gasteiger partial charge in [0.2, 0.25) is 12.0 Å². The van der Waals surface area contributed by atoms with Gasteiger partial charge in [0.05, 0.1) is 13.0 Å². The Morgan fingerprint density at radius 3 is 2.34 bits per heavy atom. The smallest absolute Gasteiger partial charge is 0.229 e. The summed E-state index contributed by atoms with van der Waals surface area (Å²) in [5, 5.41) is 69.3. The topological polar surface area (TPSA) is 186 Å². The fourth-order valence-corrected chi connectivity index (χ4v) is 3.70. The lowest BCUT2D eigenvalue weighted by atomic mass is 9.95. The summed E-state index contributed by atoms with van der Waals surface area (Å²) in [4.78, 5) is 12.9. The number of aliphatic hydroxyl groups is 4. The number of hydrogen-bond donors (Lipinski definition) is 7. The molecule has 11 nitrogen and oxygen atoms in total. The minimum absolute atomic E-state index is 0.0362. The highest BCUT2D eigenvalue weighted by Crippen LogP contribution is 2.49. The molecule has 11 heteroatoms. The molecule has 2 aliphatic heterocycles. The summed E-state index contributed by atoms with van der Waals surface area (Å²) in [5.41, 5.74) is 0.373. The highest BCUT2D eigenvalue weighted by Gasteiger charge is 2.46. The van der Waals surface area contributed by atoms with E-state index in [1.807, 2.05) is 0 Å². The predicted molar refractivity (Wildman–Crippen MR) is 105 cm³/mol. The summed E-state index contributed by atoms with van der Waals surface area (Å²) in [7, 11) is 0. The van der Waals surface area contributed by atoms with E-state index < -0.39 is 66.4 Å². The van der Waals surface area contributed by atoms with Crippen molar-refractivity contribution in [3.05, 3.63) is 41.5 Å². The highest BCUT2D eigenvalue weighted by molar-refractivity contribution is 6.03. The summed E-state index contributed by atoms with van der Waals surface area (Å²) >= 11 is 0. The number of aliphatic hydroxyl groups excluding tert-OH is 4. The van der Waals surface area contributed by atoms with Gasteiger partial charge in [-0.15, -0.1) is 0 Å². The van der Waals surface area contributed by atoms with Crippen LogP contribution in [0.4, 0.5) is 0 Å². The van der Waals surface area contributed by atoms with Gasteiger partial charge in [-0.2, -0.15) is 0 Å². The monoisotopic (exact) mass is 450 g/mol. The Morgan fingerprint density at radius 1 is 1.00 bits per heavy atom. The lowest BCUT2D eigenvalue weighted by molar-refractivity contribution is -0.277. The van der Waals surface area contributed by atoms with Crippen LogP contribution >= 0.6 is 0 Å². The van der Waals surface area contributed by atoms with Crippen molar-refractivity contribution in [3.63, 3.8) is 0 Å². The van der Waals surface area contributed by atoms with Crippen LogP contribution in [0, 0.1) is 0 Å². The zero-order valence-electron chi connectivity index (χ0n) is 16.5. The number of carbonyl (C=O) groups is 1. The van der Waals surface area contributed by atoms with E-state index in [4.69, 9.17) is 14.2 Å². The number of aromatic hydroxyl groups is 3. The molecule has 0 bridgehead atoms. The Morgan fingerprint density at radius 2 is 1.69 bits per heavy atom. The molecule has 2 aromatic rings. The Bertz CT molecular complexity index is 1000. The van der Waals surface area contributed by atoms with Gasteiger partial charge in [0, 0.05) is 6.07 Å². The van der Waals surface area contributed by atoms with E-state index in [9.17, 15) is 40.5 Å². The molecule has 2 heterocycles. The normalized spacial score (nSPS) is 29.8. The maximum Gasteiger partial charge on any atom is 0.229 e. The van der Waals surface area contributed by atoms with Crippen LogP contribution in [0.25, 0.3) is 0 Å². The standard InChI is InChI=1S/C21H22O11/c22-7-14-17(27)18(28)19(29)21(31-14)32-20-15-10(24)5-12(8-1-3-9(23)4-2-8)30-13(15)6-11(25)16(20)26/h1-4,6,12,14,17-19,21-23,25-29H,5,7H2. The first-order valence-corrected chi connectivity index (χ1v) is 9.76. The molecular formula is C21H22O11. The van der Waals surface area contributed by atoms with E-state index in [2.05, 4.69) is 0 Å². The zero-order chi connectivity index (χ0) is 23.2. The molecule has 1 saturated heterocycles. The van der Waals surface area contributed by atoms with Gasteiger partial charge < -0.3 is 50.0 Å². The average molecular weight is 450 g/mol. The van der Waals surface area contributed by atoms with Crippen LogP contribution in [0.1, 0.15) is 28.4 Å². The van der Waals surface area contributed by atoms with Crippen molar-refractivity contribution in [2.45, 2.75) is 43.2 Å². The van der Waals surface area contributed by atoms with Crippen molar-refractivity contribution in [3.8, 4) is 28.7 Å². The lowest BCUT2D eigenvalue weighted by Gasteiger charge is -2.40. The molecule has 6 atom stereocenters. The molecule has 1 fully saturated rings. The Hall–Kier alpha value is -3.09. The van der Waals surface area contributed by atoms with Gasteiger partial charge in [-0.1, -0.05) is 12.1 Å². The molecule has 0 radical (unpaired) electrons. The third-order valence-corrected chi connectivity index (χ3v) is 5.47. The SMILES string of the molecule is O=C1CC(c2ccc(O)cc2)Oc2cc(O)c(O)c(OC3OC(CO)C(O)C(O)C3O)c21. The maximum absolute atomic E-state index is 12.9. The van der Waals surface area contributed by atoms with Gasteiger partial charge >= 0.3 is 0 Å². The van der Waals surface area contributed by atoms with Crippen molar-refractivity contribution in [1.29, 1.82) is 0 Å². The molecule has 6 unspecified atom stereocenters. The Labute approximate surface area is 181 Å². The zero-order valence-corrected chi connectivity index (χ0v) is 16.5. The van der Waals surface area contributed by atoms with Crippen molar-refractivity contribution in [1.82, 2.24) is 0 Å². The molecule has 172 valence electrons. The number of phenolic OH excluding ortho intramolecular Hbond substituents is 3. The molecular weight excluding hydrogens is 428 g/mol. The Balaban J connectivity index is 1.68. The van der Waals surface area contributed by atoms with E-state index in [1.54, 1.807) is 12.1 Å². The summed E-state index contributed by atoms with van der Waals surface area (Å²) in [5.74, 6) is -2.62. The van der Waals surface area contributed by atoms with Crippen molar-refractivity contribution in [2.24, 2.45) is 0 Å². The summed E-state index contributed by atoms with van der Waals surface area (Å²) in [6.07, 6.45) is -9.03. The lowest BCUT2D eigenvalue weighted by Crippen LogP contribution is -2.60. The molecule has 0 saturated carbocycles. The van der Waals surface area contributed by atoms with Crippen LogP contribution < -0.4 is 9.47 Å². The number of ether oxygens (including phenoxy) is 3. The van der Waals surface area contributed by atoms with E-state index >= 15 is 0 Å². The van der Waals surface area contributed by atoms with Crippen molar-refractivity contribution >= 4 is 5.78 Å². The molecule has 2 aliphatic rings. The number of hydrogen-bond acceptors (Lipinski definition) is 11. The van der Waals surface area contributed by atoms with Crippen LogP contribution in [-0.4, -0.2) is 78.8 Å². The van der Waals surface area contributed by atoms with Gasteiger partial charge in [0.1, 0.15) is 47.6 Å².